The molecule has 0 bridgehead atoms. The maximum Gasteiger partial charge on any atom is 0.263 e. The Bertz CT molecular complexity index is 958. The number of nitrogens with one attached hydrogen (secondary N) is 1. The van der Waals surface area contributed by atoms with E-state index in [4.69, 9.17) is 4.52 Å². The summed E-state index contributed by atoms with van der Waals surface area (Å²) in [7, 11) is 0. The van der Waals surface area contributed by atoms with Gasteiger partial charge < -0.3 is 14.7 Å². The Morgan fingerprint density at radius 1 is 1.35 bits per heavy atom. The Morgan fingerprint density at radius 2 is 2.19 bits per heavy atom. The summed E-state index contributed by atoms with van der Waals surface area (Å²) in [6.45, 7) is 3.11. The number of aromatic nitrogens is 3. The highest BCUT2D eigenvalue weighted by atomic mass is 19.1. The minimum atomic E-state index is -0.439. The molecule has 0 unspecified atom stereocenters. The van der Waals surface area contributed by atoms with Crippen LogP contribution < -0.4 is 10.2 Å². The van der Waals surface area contributed by atoms with E-state index in [1.807, 2.05) is 11.8 Å². The first-order chi connectivity index (χ1) is 12.6. The second-order valence-corrected chi connectivity index (χ2v) is 6.40. The van der Waals surface area contributed by atoms with Crippen molar-refractivity contribution in [2.75, 3.05) is 23.3 Å². The number of benzene rings is 1. The number of hydrogen-bond donors (Lipinski definition) is 1. The molecule has 4 rings (SSSR count). The highest BCUT2D eigenvalue weighted by molar-refractivity contribution is 5.94. The summed E-state index contributed by atoms with van der Waals surface area (Å²) in [5.41, 5.74) is 1.35. The standard InChI is InChI=1S/C18H18FN5O2/c1-11-15-16(20-10-21-18(15)26-23-11)24-8-4-5-12(9-24)17(25)22-14-7-3-2-6-13(14)19/h2-3,6-7,10,12H,4-5,8-9H2,1H3,(H,22,25)/t12-/m1/s1. The van der Waals surface area contributed by atoms with Crippen molar-refractivity contribution in [3.63, 3.8) is 0 Å². The number of aryl methyl sites for hydroxylation is 1. The number of fused-ring (bicyclic) bond motifs is 1. The molecule has 1 atom stereocenters. The maximum absolute atomic E-state index is 13.8. The van der Waals surface area contributed by atoms with Crippen LogP contribution in [0.3, 0.4) is 0 Å². The molecule has 1 saturated heterocycles. The van der Waals surface area contributed by atoms with Crippen molar-refractivity contribution in [3.8, 4) is 0 Å². The lowest BCUT2D eigenvalue weighted by Crippen LogP contribution is -2.41. The summed E-state index contributed by atoms with van der Waals surface area (Å²) >= 11 is 0. The Labute approximate surface area is 149 Å². The molecular formula is C18H18FN5O2. The number of nitrogens with zero attached hydrogens (tertiary/aromatic N) is 4. The molecule has 3 aromatic rings. The fourth-order valence-corrected chi connectivity index (χ4v) is 3.32. The average Bonchev–Trinajstić information content (AvgIpc) is 3.05. The van der Waals surface area contributed by atoms with Crippen LogP contribution >= 0.6 is 0 Å². The van der Waals surface area contributed by atoms with Gasteiger partial charge in [-0.15, -0.1) is 0 Å². The van der Waals surface area contributed by atoms with Gasteiger partial charge in [-0.1, -0.05) is 17.3 Å². The van der Waals surface area contributed by atoms with Gasteiger partial charge in [-0.2, -0.15) is 4.98 Å². The molecule has 7 nitrogen and oxygen atoms in total. The van der Waals surface area contributed by atoms with E-state index in [-0.39, 0.29) is 17.5 Å². The van der Waals surface area contributed by atoms with Gasteiger partial charge in [0.25, 0.3) is 5.71 Å². The van der Waals surface area contributed by atoms with Gasteiger partial charge in [-0.05, 0) is 31.9 Å². The second-order valence-electron chi connectivity index (χ2n) is 6.40. The lowest BCUT2D eigenvalue weighted by atomic mass is 9.96. The van der Waals surface area contributed by atoms with Crippen molar-refractivity contribution >= 4 is 28.5 Å². The summed E-state index contributed by atoms with van der Waals surface area (Å²) < 4.78 is 19.0. The zero-order chi connectivity index (χ0) is 18.1. The largest absolute Gasteiger partial charge is 0.355 e. The van der Waals surface area contributed by atoms with Gasteiger partial charge >= 0.3 is 0 Å². The first kappa shape index (κ1) is 16.4. The van der Waals surface area contributed by atoms with E-state index in [1.165, 1.54) is 12.4 Å². The summed E-state index contributed by atoms with van der Waals surface area (Å²) in [6, 6.07) is 6.17. The maximum atomic E-state index is 13.8. The number of anilines is 2. The molecular weight excluding hydrogens is 337 g/mol. The molecule has 0 saturated carbocycles. The van der Waals surface area contributed by atoms with Crippen molar-refractivity contribution in [2.24, 2.45) is 5.92 Å². The lowest BCUT2D eigenvalue weighted by Gasteiger charge is -2.33. The van der Waals surface area contributed by atoms with Gasteiger partial charge in [0.05, 0.1) is 17.3 Å². The Hall–Kier alpha value is -3.03. The molecule has 1 aliphatic heterocycles. The Kier molecular flexibility index (Phi) is 4.24. The number of hydrogen-bond acceptors (Lipinski definition) is 6. The Balaban J connectivity index is 1.55. The molecule has 8 heteroatoms. The number of piperidine rings is 1. The number of para-hydroxylation sites is 1. The van der Waals surface area contributed by atoms with E-state index in [0.29, 0.717) is 18.0 Å². The molecule has 1 N–H and O–H groups in total. The molecule has 0 aliphatic carbocycles. The molecule has 0 spiro atoms. The average molecular weight is 355 g/mol. The van der Waals surface area contributed by atoms with E-state index < -0.39 is 5.82 Å². The SMILES string of the molecule is Cc1noc2ncnc(N3CCC[C@@H](C(=O)Nc4ccccc4F)C3)c12. The topological polar surface area (TPSA) is 84.2 Å². The monoisotopic (exact) mass is 355 g/mol. The van der Waals surface area contributed by atoms with Crippen LogP contribution in [0.15, 0.2) is 35.1 Å². The van der Waals surface area contributed by atoms with Crippen molar-refractivity contribution in [1.29, 1.82) is 0 Å². The predicted molar refractivity (Wildman–Crippen MR) is 94.3 cm³/mol. The van der Waals surface area contributed by atoms with Crippen LogP contribution in [0.5, 0.6) is 0 Å². The Morgan fingerprint density at radius 3 is 3.04 bits per heavy atom. The smallest absolute Gasteiger partial charge is 0.263 e. The molecule has 2 aromatic heterocycles. The van der Waals surface area contributed by atoms with Crippen molar-refractivity contribution < 1.29 is 13.7 Å². The summed E-state index contributed by atoms with van der Waals surface area (Å²) in [6.07, 6.45) is 3.02. The van der Waals surface area contributed by atoms with Gasteiger partial charge in [0.1, 0.15) is 23.3 Å². The van der Waals surface area contributed by atoms with Crippen LogP contribution in [0.4, 0.5) is 15.9 Å². The molecule has 1 aromatic carbocycles. The third-order valence-corrected chi connectivity index (χ3v) is 4.65. The first-order valence-electron chi connectivity index (χ1n) is 8.51. The van der Waals surface area contributed by atoms with E-state index in [9.17, 15) is 9.18 Å². The highest BCUT2D eigenvalue weighted by Gasteiger charge is 2.29. The van der Waals surface area contributed by atoms with Crippen LogP contribution in [0.1, 0.15) is 18.5 Å². The van der Waals surface area contributed by atoms with Gasteiger partial charge in [0.2, 0.25) is 5.91 Å². The lowest BCUT2D eigenvalue weighted by molar-refractivity contribution is -0.120. The fourth-order valence-electron chi connectivity index (χ4n) is 3.32. The van der Waals surface area contributed by atoms with Crippen LogP contribution in [0.2, 0.25) is 0 Å². The van der Waals surface area contributed by atoms with E-state index in [2.05, 4.69) is 20.4 Å². The number of carbonyl (C=O) groups is 1. The summed E-state index contributed by atoms with van der Waals surface area (Å²) in [4.78, 5) is 23.1. The number of halogens is 1. The molecule has 3 heterocycles. The molecule has 26 heavy (non-hydrogen) atoms. The van der Waals surface area contributed by atoms with Gasteiger partial charge in [-0.3, -0.25) is 4.79 Å². The first-order valence-corrected chi connectivity index (χ1v) is 8.51. The van der Waals surface area contributed by atoms with E-state index in [0.717, 1.165) is 30.6 Å². The third kappa shape index (κ3) is 2.98. The summed E-state index contributed by atoms with van der Waals surface area (Å²) in [5, 5.41) is 7.40. The summed E-state index contributed by atoms with van der Waals surface area (Å²) in [5.74, 6) is -0.163. The quantitative estimate of drug-likeness (QED) is 0.778. The molecule has 1 aliphatic rings. The fraction of sp³-hybridized carbons (Fsp3) is 0.333. The number of amides is 1. The van der Waals surface area contributed by atoms with E-state index >= 15 is 0 Å². The number of rotatable bonds is 3. The van der Waals surface area contributed by atoms with Crippen LogP contribution in [-0.4, -0.2) is 34.1 Å². The minimum Gasteiger partial charge on any atom is -0.355 e. The van der Waals surface area contributed by atoms with Crippen molar-refractivity contribution in [2.45, 2.75) is 19.8 Å². The van der Waals surface area contributed by atoms with Crippen LogP contribution in [-0.2, 0) is 4.79 Å². The second kappa shape index (κ2) is 6.70. The van der Waals surface area contributed by atoms with Crippen LogP contribution in [0, 0.1) is 18.7 Å². The zero-order valence-electron chi connectivity index (χ0n) is 14.3. The van der Waals surface area contributed by atoms with Crippen molar-refractivity contribution in [1.82, 2.24) is 15.1 Å². The molecule has 134 valence electrons. The minimum absolute atomic E-state index is 0.188. The molecule has 1 amide bonds. The zero-order valence-corrected chi connectivity index (χ0v) is 14.3. The van der Waals surface area contributed by atoms with Crippen LogP contribution in [0.25, 0.3) is 11.1 Å². The van der Waals surface area contributed by atoms with Gasteiger partial charge in [0.15, 0.2) is 0 Å². The van der Waals surface area contributed by atoms with Crippen molar-refractivity contribution in [3.05, 3.63) is 42.1 Å². The number of carbonyl (C=O) groups excluding carboxylic acids is 1. The third-order valence-electron chi connectivity index (χ3n) is 4.65. The van der Waals surface area contributed by atoms with Gasteiger partial charge in [0, 0.05) is 13.1 Å². The van der Waals surface area contributed by atoms with Gasteiger partial charge in [-0.25, -0.2) is 9.37 Å². The molecule has 0 radical (unpaired) electrons. The molecule has 1 fully saturated rings. The predicted octanol–water partition coefficient (Wildman–Crippen LogP) is 2.92. The highest BCUT2D eigenvalue weighted by Crippen LogP contribution is 2.30. The normalized spacial score (nSPS) is 17.5. The van der Waals surface area contributed by atoms with E-state index in [1.54, 1.807) is 18.2 Å².